The highest BCUT2D eigenvalue weighted by Gasteiger charge is 2.64. The fourth-order valence-electron chi connectivity index (χ4n) is 6.50. The van der Waals surface area contributed by atoms with Gasteiger partial charge in [-0.1, -0.05) is 55.3 Å². The smallest absolute Gasteiger partial charge is 0.409 e. The number of aryl methyl sites for hydroxylation is 1. The second-order valence-corrected chi connectivity index (χ2v) is 14.4. The topological polar surface area (TPSA) is 155 Å². The van der Waals surface area contributed by atoms with Gasteiger partial charge in [0.15, 0.2) is 0 Å². The molecule has 0 aromatic heterocycles. The quantitative estimate of drug-likeness (QED) is 0.258. The number of benzene rings is 1. The number of hydrogen-bond donors (Lipinski definition) is 2. The number of fused-ring (bicyclic) bond motifs is 5. The molecule has 13 heteroatoms. The van der Waals surface area contributed by atoms with E-state index in [4.69, 9.17) is 25.8 Å². The number of aliphatic hydroxyl groups is 1. The summed E-state index contributed by atoms with van der Waals surface area (Å²) in [6.45, 7) is 11.9. The Balaban J connectivity index is 1.74. The van der Waals surface area contributed by atoms with Gasteiger partial charge >= 0.3 is 12.1 Å². The van der Waals surface area contributed by atoms with Crippen LogP contribution >= 0.6 is 11.6 Å². The molecule has 0 radical (unpaired) electrons. The molecule has 49 heavy (non-hydrogen) atoms. The molecule has 3 heterocycles. The zero-order valence-electron chi connectivity index (χ0n) is 29.7. The predicted molar refractivity (Wildman–Crippen MR) is 183 cm³/mol. The van der Waals surface area contributed by atoms with Crippen molar-refractivity contribution in [2.75, 3.05) is 19.0 Å². The molecule has 0 aliphatic carbocycles. The first kappa shape index (κ1) is 38.1. The van der Waals surface area contributed by atoms with E-state index in [-0.39, 0.29) is 25.0 Å². The molecule has 1 aromatic rings. The largest absolute Gasteiger partial charge is 0.457 e. The summed E-state index contributed by atoms with van der Waals surface area (Å²) >= 11 is 6.73. The van der Waals surface area contributed by atoms with Crippen molar-refractivity contribution < 1.29 is 43.3 Å². The summed E-state index contributed by atoms with van der Waals surface area (Å²) in [5, 5.41) is 14.6. The monoisotopic (exact) mass is 701 g/mol. The molecule has 3 aliphatic rings. The Morgan fingerprint density at radius 2 is 1.90 bits per heavy atom. The summed E-state index contributed by atoms with van der Waals surface area (Å²) in [6.07, 6.45) is 2.24. The van der Waals surface area contributed by atoms with E-state index >= 15 is 0 Å². The van der Waals surface area contributed by atoms with E-state index in [0.717, 1.165) is 21.6 Å². The Morgan fingerprint density at radius 1 is 1.22 bits per heavy atom. The summed E-state index contributed by atoms with van der Waals surface area (Å²) in [7, 11) is 3.00. The highest BCUT2D eigenvalue weighted by Crippen LogP contribution is 2.49. The number of likely N-dealkylation sites (N-methyl/N-ethyl adjacent to an activating group) is 1. The lowest BCUT2D eigenvalue weighted by Crippen LogP contribution is -2.60. The van der Waals surface area contributed by atoms with Gasteiger partial charge in [0, 0.05) is 32.4 Å². The van der Waals surface area contributed by atoms with Crippen LogP contribution in [0.5, 0.6) is 0 Å². The van der Waals surface area contributed by atoms with E-state index in [1.807, 2.05) is 51.1 Å². The Labute approximate surface area is 292 Å². The number of hydrogen-bond acceptors (Lipinski definition) is 9. The lowest BCUT2D eigenvalue weighted by molar-refractivity contribution is -0.162. The van der Waals surface area contributed by atoms with Crippen molar-refractivity contribution in [3.05, 3.63) is 52.1 Å². The van der Waals surface area contributed by atoms with Gasteiger partial charge in [0.25, 0.3) is 0 Å². The van der Waals surface area contributed by atoms with Gasteiger partial charge in [-0.2, -0.15) is 0 Å². The number of epoxide rings is 1. The van der Waals surface area contributed by atoms with E-state index in [2.05, 4.69) is 5.32 Å². The number of rotatable bonds is 5. The molecule has 12 nitrogen and oxygen atoms in total. The normalized spacial score (nSPS) is 32.8. The van der Waals surface area contributed by atoms with Gasteiger partial charge < -0.3 is 29.1 Å². The zero-order valence-corrected chi connectivity index (χ0v) is 30.4. The van der Waals surface area contributed by atoms with Gasteiger partial charge in [0.2, 0.25) is 11.8 Å². The van der Waals surface area contributed by atoms with Crippen LogP contribution in [-0.4, -0.2) is 89.4 Å². The maximum atomic E-state index is 14.0. The maximum Gasteiger partial charge on any atom is 0.409 e. The molecule has 2 N–H and O–H groups in total. The van der Waals surface area contributed by atoms with E-state index in [9.17, 15) is 29.1 Å². The Morgan fingerprint density at radius 3 is 2.55 bits per heavy atom. The van der Waals surface area contributed by atoms with Gasteiger partial charge in [-0.15, -0.1) is 0 Å². The first-order valence-electron chi connectivity index (χ1n) is 16.5. The lowest BCUT2D eigenvalue weighted by Gasteiger charge is -2.41. The van der Waals surface area contributed by atoms with Gasteiger partial charge in [0.1, 0.15) is 35.4 Å². The third-order valence-corrected chi connectivity index (χ3v) is 10.6. The van der Waals surface area contributed by atoms with Gasteiger partial charge in [0.05, 0.1) is 29.7 Å². The lowest BCUT2D eigenvalue weighted by atomic mass is 9.82. The molecule has 2 fully saturated rings. The second kappa shape index (κ2) is 14.6. The molecule has 1 unspecified atom stereocenters. The first-order valence-corrected chi connectivity index (χ1v) is 16.9. The highest BCUT2D eigenvalue weighted by atomic mass is 35.5. The molecule has 4 bridgehead atoms. The van der Waals surface area contributed by atoms with Gasteiger partial charge in [-0.05, 0) is 58.2 Å². The number of nitrogens with zero attached hydrogens (tertiary/aromatic N) is 2. The predicted octanol–water partition coefficient (Wildman–Crippen LogP) is 4.41. The van der Waals surface area contributed by atoms with Crippen molar-refractivity contribution in [2.24, 2.45) is 11.8 Å². The van der Waals surface area contributed by atoms with Gasteiger partial charge in [-0.3, -0.25) is 19.7 Å². The molecule has 0 saturated carbocycles. The summed E-state index contributed by atoms with van der Waals surface area (Å²) in [4.78, 5) is 66.9. The Bertz CT molecular complexity index is 1580. The highest BCUT2D eigenvalue weighted by molar-refractivity contribution is 6.34. The first-order chi connectivity index (χ1) is 22.8. The molecule has 0 spiro atoms. The van der Waals surface area contributed by atoms with Crippen LogP contribution in [0.4, 0.5) is 10.5 Å². The summed E-state index contributed by atoms with van der Waals surface area (Å²) < 4.78 is 17.8. The van der Waals surface area contributed by atoms with E-state index < -0.39 is 71.4 Å². The number of ether oxygens (including phenoxy) is 3. The molecule has 1 aromatic carbocycles. The van der Waals surface area contributed by atoms with Crippen LogP contribution in [0, 0.1) is 18.8 Å². The van der Waals surface area contributed by atoms with Crippen molar-refractivity contribution in [2.45, 2.75) is 110 Å². The molecule has 3 amide bonds. The standard InChI is InChI=1S/C36H48ClN3O9/c1-19-11-10-12-21(3)36(46)18-27(47-34(45)38-36)23(5)32-35(7,49-32)28(48-33(44)24(6)39(8)29(42)15-22(4)41)17-30(43)40(9)26-16-25(13-19)14-20(2)31(26)37/h10-12,14,16,21,23-24,27-28,32,46H,13,15,17-18H2,1-9H3,(H,38,45)/b12-10+,19-11+/t21-,23-,24+,27?,28+,32+,35+,36+/m1/s1. The number of Topliss-reactive ketones (excluding diaryl/α,β-unsaturated/α-hetero) is 1. The number of amides is 3. The van der Waals surface area contributed by atoms with Crippen molar-refractivity contribution in [1.29, 1.82) is 0 Å². The van der Waals surface area contributed by atoms with Crippen LogP contribution in [0.3, 0.4) is 0 Å². The second-order valence-electron chi connectivity index (χ2n) is 14.0. The van der Waals surface area contributed by atoms with Crippen molar-refractivity contribution in [3.63, 3.8) is 0 Å². The summed E-state index contributed by atoms with van der Waals surface area (Å²) in [6, 6.07) is 2.73. The number of carbonyl (C=O) groups excluding carboxylic acids is 5. The molecule has 3 aliphatic heterocycles. The minimum absolute atomic E-state index is 0.0554. The number of carbonyl (C=O) groups is 5. The van der Waals surface area contributed by atoms with E-state index in [0.29, 0.717) is 17.1 Å². The number of ketones is 1. The number of esters is 1. The number of nitrogens with one attached hydrogen (secondary N) is 1. The van der Waals surface area contributed by atoms with Gasteiger partial charge in [-0.25, -0.2) is 9.59 Å². The van der Waals surface area contributed by atoms with Crippen LogP contribution in [0.1, 0.15) is 71.9 Å². The minimum Gasteiger partial charge on any atom is -0.457 e. The fraction of sp³-hybridized carbons (Fsp3) is 0.583. The fourth-order valence-corrected chi connectivity index (χ4v) is 6.73. The molecule has 268 valence electrons. The van der Waals surface area contributed by atoms with Crippen LogP contribution in [-0.2, 0) is 39.8 Å². The van der Waals surface area contributed by atoms with Crippen molar-refractivity contribution >= 4 is 46.9 Å². The SMILES string of the molecule is CC(=O)CC(=O)N(C)[C@@H](C)C(=O)O[C@H]1CC(=O)N(C)c2cc(cc(C)c2Cl)C/C(C)=C/C=C/[C@@H](C)[C@@]2(O)CC(OC(=O)N2)[C@@H](C)[C@@H]2O[C@@]12C. The third kappa shape index (κ3) is 8.36. The number of allylic oxidation sites excluding steroid dienone is 3. The third-order valence-electron chi connectivity index (χ3n) is 10.1. The van der Waals surface area contributed by atoms with Crippen LogP contribution in [0.15, 0.2) is 35.9 Å². The molecule has 4 rings (SSSR count). The number of alkyl carbamates (subject to hydrolysis) is 1. The Hall–Kier alpha value is -3.74. The average Bonchev–Trinajstić information content (AvgIpc) is 3.71. The zero-order chi connectivity index (χ0) is 36.6. The number of anilines is 1. The Kier molecular flexibility index (Phi) is 11.4. The molecule has 8 atom stereocenters. The van der Waals surface area contributed by atoms with Crippen molar-refractivity contribution in [3.8, 4) is 0 Å². The minimum atomic E-state index is -1.61. The van der Waals surface area contributed by atoms with Crippen molar-refractivity contribution in [1.82, 2.24) is 10.2 Å². The molecular weight excluding hydrogens is 654 g/mol. The van der Waals surface area contributed by atoms with Crippen LogP contribution in [0.25, 0.3) is 0 Å². The average molecular weight is 702 g/mol. The molecule has 2 saturated heterocycles. The summed E-state index contributed by atoms with van der Waals surface area (Å²) in [5.74, 6) is -3.06. The maximum absolute atomic E-state index is 14.0. The van der Waals surface area contributed by atoms with Crippen LogP contribution < -0.4 is 10.2 Å². The van der Waals surface area contributed by atoms with Crippen LogP contribution in [0.2, 0.25) is 5.02 Å². The molecular formula is C36H48ClN3O9. The van der Waals surface area contributed by atoms with E-state index in [1.165, 1.54) is 25.8 Å². The number of halogens is 1. The van der Waals surface area contributed by atoms with E-state index in [1.54, 1.807) is 20.9 Å². The summed E-state index contributed by atoms with van der Waals surface area (Å²) in [5.41, 5.74) is 0.396.